The molecule has 20 heavy (non-hydrogen) atoms. The van der Waals surface area contributed by atoms with Crippen LogP contribution in [0.1, 0.15) is 29.3 Å². The maximum absolute atomic E-state index is 11.0. The highest BCUT2D eigenvalue weighted by atomic mass is 16.4. The molecule has 0 saturated carbocycles. The summed E-state index contributed by atoms with van der Waals surface area (Å²) in [4.78, 5) is 15.4. The molecule has 1 aromatic heterocycles. The van der Waals surface area contributed by atoms with Crippen molar-refractivity contribution < 1.29 is 19.4 Å². The number of fused-ring (bicyclic) bond motifs is 1. The van der Waals surface area contributed by atoms with Crippen molar-refractivity contribution in [3.63, 3.8) is 0 Å². The van der Waals surface area contributed by atoms with E-state index >= 15 is 0 Å². The van der Waals surface area contributed by atoms with Gasteiger partial charge in [-0.3, -0.25) is 4.79 Å². The molecule has 0 fully saturated rings. The molecule has 0 saturated heterocycles. The van der Waals surface area contributed by atoms with E-state index in [-0.39, 0.29) is 11.7 Å². The fraction of sp³-hybridized carbons (Fsp3) is 0.333. The first kappa shape index (κ1) is 12.7. The highest BCUT2D eigenvalue weighted by Gasteiger charge is 2.28. The van der Waals surface area contributed by atoms with Crippen molar-refractivity contribution in [1.29, 1.82) is 0 Å². The van der Waals surface area contributed by atoms with Gasteiger partial charge in [-0.25, -0.2) is 4.98 Å². The maximum atomic E-state index is 11.0. The number of phenols is 1. The summed E-state index contributed by atoms with van der Waals surface area (Å²) in [6.07, 6.45) is 2.17. The standard InChI is InChI=1S/C15H15NO4/c17-11-3-1-2-9(6-11)7-14-16-12-5-4-10(15(18)19)8-13(12)20-14/h1-3,6,10,17H,4-5,7-8H2,(H,18,19). The molecule has 1 atom stereocenters. The van der Waals surface area contributed by atoms with Gasteiger partial charge in [0.05, 0.1) is 11.6 Å². The second-order valence-corrected chi connectivity index (χ2v) is 5.10. The van der Waals surface area contributed by atoms with E-state index in [9.17, 15) is 9.90 Å². The van der Waals surface area contributed by atoms with Crippen LogP contribution in [0.2, 0.25) is 0 Å². The normalized spacial score (nSPS) is 17.7. The number of aryl methyl sites for hydroxylation is 1. The van der Waals surface area contributed by atoms with E-state index in [0.29, 0.717) is 37.3 Å². The minimum atomic E-state index is -0.776. The summed E-state index contributed by atoms with van der Waals surface area (Å²) in [6, 6.07) is 6.95. The van der Waals surface area contributed by atoms with Gasteiger partial charge in [-0.2, -0.15) is 0 Å². The number of hydrogen-bond donors (Lipinski definition) is 2. The highest BCUT2D eigenvalue weighted by Crippen LogP contribution is 2.27. The lowest BCUT2D eigenvalue weighted by Gasteiger charge is -2.15. The Morgan fingerprint density at radius 2 is 2.30 bits per heavy atom. The van der Waals surface area contributed by atoms with Gasteiger partial charge in [0.1, 0.15) is 11.5 Å². The quantitative estimate of drug-likeness (QED) is 0.895. The van der Waals surface area contributed by atoms with Gasteiger partial charge < -0.3 is 14.6 Å². The Kier molecular flexibility index (Phi) is 3.18. The number of benzene rings is 1. The van der Waals surface area contributed by atoms with Gasteiger partial charge in [0, 0.05) is 12.8 Å². The van der Waals surface area contributed by atoms with Crippen molar-refractivity contribution in [2.75, 3.05) is 0 Å². The van der Waals surface area contributed by atoms with Gasteiger partial charge in [0.2, 0.25) is 0 Å². The van der Waals surface area contributed by atoms with E-state index in [2.05, 4.69) is 4.98 Å². The molecule has 0 bridgehead atoms. The highest BCUT2D eigenvalue weighted by molar-refractivity contribution is 5.70. The Morgan fingerprint density at radius 1 is 1.45 bits per heavy atom. The Hall–Kier alpha value is -2.30. The van der Waals surface area contributed by atoms with Crippen LogP contribution in [0.3, 0.4) is 0 Å². The first-order valence-electron chi connectivity index (χ1n) is 6.60. The van der Waals surface area contributed by atoms with Crippen molar-refractivity contribution in [2.45, 2.75) is 25.7 Å². The molecule has 3 rings (SSSR count). The smallest absolute Gasteiger partial charge is 0.306 e. The summed E-state index contributed by atoms with van der Waals surface area (Å²) in [7, 11) is 0. The second kappa shape index (κ2) is 5.00. The molecule has 0 aliphatic heterocycles. The van der Waals surface area contributed by atoms with Crippen molar-refractivity contribution in [3.8, 4) is 5.75 Å². The summed E-state index contributed by atoms with van der Waals surface area (Å²) in [6.45, 7) is 0. The molecule has 0 radical (unpaired) electrons. The number of carboxylic acid groups (broad SMARTS) is 1. The lowest BCUT2D eigenvalue weighted by Crippen LogP contribution is -2.21. The summed E-state index contributed by atoms with van der Waals surface area (Å²) >= 11 is 0. The number of aromatic nitrogens is 1. The molecule has 1 heterocycles. The number of carboxylic acids is 1. The van der Waals surface area contributed by atoms with Gasteiger partial charge in [0.25, 0.3) is 0 Å². The zero-order chi connectivity index (χ0) is 14.1. The summed E-state index contributed by atoms with van der Waals surface area (Å²) < 4.78 is 5.67. The Balaban J connectivity index is 1.79. The number of hydrogen-bond acceptors (Lipinski definition) is 4. The van der Waals surface area contributed by atoms with Crippen molar-refractivity contribution in [2.24, 2.45) is 5.92 Å². The van der Waals surface area contributed by atoms with E-state index in [1.165, 1.54) is 0 Å². The van der Waals surface area contributed by atoms with E-state index in [0.717, 1.165) is 11.3 Å². The summed E-state index contributed by atoms with van der Waals surface area (Å²) in [5.41, 5.74) is 1.79. The molecule has 1 aliphatic rings. The molecule has 2 aromatic rings. The van der Waals surface area contributed by atoms with E-state index < -0.39 is 5.97 Å². The summed E-state index contributed by atoms with van der Waals surface area (Å²) in [5.74, 6) is 0.334. The van der Waals surface area contributed by atoms with Gasteiger partial charge >= 0.3 is 5.97 Å². The number of rotatable bonds is 3. The van der Waals surface area contributed by atoms with Crippen LogP contribution >= 0.6 is 0 Å². The Morgan fingerprint density at radius 3 is 3.05 bits per heavy atom. The number of aromatic hydroxyl groups is 1. The predicted octanol–water partition coefficient (Wildman–Crippen LogP) is 2.16. The third-order valence-electron chi connectivity index (χ3n) is 3.60. The number of carbonyl (C=O) groups is 1. The van der Waals surface area contributed by atoms with Gasteiger partial charge in [0.15, 0.2) is 5.89 Å². The van der Waals surface area contributed by atoms with Crippen LogP contribution in [0.25, 0.3) is 0 Å². The van der Waals surface area contributed by atoms with Crippen LogP contribution in [-0.2, 0) is 24.1 Å². The molecule has 0 spiro atoms. The average Bonchev–Trinajstić information content (AvgIpc) is 2.79. The maximum Gasteiger partial charge on any atom is 0.306 e. The van der Waals surface area contributed by atoms with Crippen LogP contribution in [0.4, 0.5) is 0 Å². The second-order valence-electron chi connectivity index (χ2n) is 5.10. The van der Waals surface area contributed by atoms with E-state index in [4.69, 9.17) is 9.52 Å². The molecule has 0 amide bonds. The van der Waals surface area contributed by atoms with Crippen LogP contribution in [0.5, 0.6) is 5.75 Å². The molecule has 5 nitrogen and oxygen atoms in total. The molecule has 2 N–H and O–H groups in total. The lowest BCUT2D eigenvalue weighted by molar-refractivity contribution is -0.142. The Bertz CT molecular complexity index is 647. The zero-order valence-corrected chi connectivity index (χ0v) is 10.9. The first-order valence-corrected chi connectivity index (χ1v) is 6.60. The van der Waals surface area contributed by atoms with Crippen LogP contribution in [0.15, 0.2) is 28.7 Å². The number of phenolic OH excluding ortho intramolecular Hbond substituents is 1. The molecular formula is C15H15NO4. The van der Waals surface area contributed by atoms with Gasteiger partial charge in [-0.05, 0) is 30.5 Å². The van der Waals surface area contributed by atoms with Gasteiger partial charge in [-0.15, -0.1) is 0 Å². The molecule has 5 heteroatoms. The van der Waals surface area contributed by atoms with Crippen molar-refractivity contribution in [1.82, 2.24) is 4.98 Å². The SMILES string of the molecule is O=C(O)C1CCc2nc(Cc3cccc(O)c3)oc2C1. The minimum Gasteiger partial charge on any atom is -0.508 e. The zero-order valence-electron chi connectivity index (χ0n) is 10.9. The molecule has 1 aliphatic carbocycles. The largest absolute Gasteiger partial charge is 0.508 e. The fourth-order valence-electron chi connectivity index (χ4n) is 2.56. The molecule has 1 aromatic carbocycles. The molecule has 104 valence electrons. The van der Waals surface area contributed by atoms with Crippen LogP contribution in [0, 0.1) is 5.92 Å². The van der Waals surface area contributed by atoms with Crippen LogP contribution in [-0.4, -0.2) is 21.2 Å². The predicted molar refractivity (Wildman–Crippen MR) is 70.6 cm³/mol. The van der Waals surface area contributed by atoms with E-state index in [1.54, 1.807) is 18.2 Å². The first-order chi connectivity index (χ1) is 9.61. The third kappa shape index (κ3) is 2.52. The van der Waals surface area contributed by atoms with E-state index in [1.807, 2.05) is 6.07 Å². The van der Waals surface area contributed by atoms with Crippen molar-refractivity contribution >= 4 is 5.97 Å². The minimum absolute atomic E-state index is 0.213. The topological polar surface area (TPSA) is 83.6 Å². The summed E-state index contributed by atoms with van der Waals surface area (Å²) in [5, 5.41) is 18.5. The fourth-order valence-corrected chi connectivity index (χ4v) is 2.56. The number of nitrogens with zero attached hydrogens (tertiary/aromatic N) is 1. The van der Waals surface area contributed by atoms with Crippen molar-refractivity contribution in [3.05, 3.63) is 47.2 Å². The lowest BCUT2D eigenvalue weighted by atomic mass is 9.91. The third-order valence-corrected chi connectivity index (χ3v) is 3.60. The average molecular weight is 273 g/mol. The van der Waals surface area contributed by atoms with Gasteiger partial charge in [-0.1, -0.05) is 12.1 Å². The number of aliphatic carboxylic acids is 1. The molecule has 1 unspecified atom stereocenters. The Labute approximate surface area is 115 Å². The molecular weight excluding hydrogens is 258 g/mol. The monoisotopic (exact) mass is 273 g/mol. The van der Waals surface area contributed by atoms with Crippen LogP contribution < -0.4 is 0 Å². The number of oxazole rings is 1.